The van der Waals surface area contributed by atoms with Crippen molar-refractivity contribution < 1.29 is 22.3 Å². The van der Waals surface area contributed by atoms with Crippen molar-refractivity contribution in [1.82, 2.24) is 19.9 Å². The normalized spacial score (nSPS) is 15.6. The highest BCUT2D eigenvalue weighted by Gasteiger charge is 2.32. The third kappa shape index (κ3) is 4.40. The minimum atomic E-state index is -4.61. The van der Waals surface area contributed by atoms with Crippen LogP contribution < -0.4 is 15.6 Å². The number of alkyl halides is 3. The summed E-state index contributed by atoms with van der Waals surface area (Å²) in [5, 5.41) is 3.36. The van der Waals surface area contributed by atoms with Crippen molar-refractivity contribution in [1.29, 1.82) is 0 Å². The largest absolute Gasteiger partial charge is 0.494 e. The van der Waals surface area contributed by atoms with Crippen molar-refractivity contribution in [2.24, 2.45) is 0 Å². The Labute approximate surface area is 208 Å². The fourth-order valence-corrected chi connectivity index (χ4v) is 4.48. The summed E-state index contributed by atoms with van der Waals surface area (Å²) in [4.78, 5) is 25.6. The van der Waals surface area contributed by atoms with Crippen molar-refractivity contribution >= 4 is 16.6 Å². The number of fused-ring (bicyclic) bond motifs is 1. The average Bonchev–Trinajstić information content (AvgIpc) is 3.42. The zero-order valence-corrected chi connectivity index (χ0v) is 19.4. The smallest absolute Gasteiger partial charge is 0.433 e. The predicted octanol–water partition coefficient (Wildman–Crippen LogP) is 5.59. The molecule has 0 amide bonds. The molecule has 1 atom stereocenters. The molecule has 1 aliphatic rings. The summed E-state index contributed by atoms with van der Waals surface area (Å²) in [6, 6.07) is 8.71. The number of pyridine rings is 1. The Morgan fingerprint density at radius 1 is 1.19 bits per heavy atom. The molecule has 1 fully saturated rings. The zero-order valence-electron chi connectivity index (χ0n) is 19.4. The summed E-state index contributed by atoms with van der Waals surface area (Å²) < 4.78 is 60.1. The Morgan fingerprint density at radius 3 is 2.59 bits per heavy atom. The van der Waals surface area contributed by atoms with Gasteiger partial charge in [0, 0.05) is 17.8 Å². The number of hydrogen-bond donors (Lipinski definition) is 1. The molecule has 1 aliphatic heterocycles. The first-order chi connectivity index (χ1) is 17.7. The molecule has 0 bridgehead atoms. The molecule has 0 unspecified atom stereocenters. The number of hydrogen-bond acceptors (Lipinski definition) is 5. The van der Waals surface area contributed by atoms with Gasteiger partial charge < -0.3 is 10.1 Å². The average molecular weight is 509 g/mol. The summed E-state index contributed by atoms with van der Waals surface area (Å²) in [7, 11) is 1.33. The molecule has 5 rings (SSSR count). The Balaban J connectivity index is 1.81. The summed E-state index contributed by atoms with van der Waals surface area (Å²) in [5.41, 5.74) is -0.483. The fourth-order valence-electron chi connectivity index (χ4n) is 4.48. The van der Waals surface area contributed by atoms with Crippen LogP contribution in [0.4, 0.5) is 23.2 Å². The van der Waals surface area contributed by atoms with E-state index in [2.05, 4.69) is 15.1 Å². The van der Waals surface area contributed by atoms with Gasteiger partial charge in [-0.15, -0.1) is 0 Å². The molecule has 4 aromatic rings. The van der Waals surface area contributed by atoms with Crippen LogP contribution in [0.25, 0.3) is 32.6 Å². The lowest BCUT2D eigenvalue weighted by Crippen LogP contribution is -2.29. The van der Waals surface area contributed by atoms with Gasteiger partial charge in [-0.3, -0.25) is 14.3 Å². The van der Waals surface area contributed by atoms with Gasteiger partial charge in [0.05, 0.1) is 36.3 Å². The first-order valence-corrected chi connectivity index (χ1v) is 11.3. The molecule has 37 heavy (non-hydrogen) atoms. The van der Waals surface area contributed by atoms with Gasteiger partial charge in [-0.25, -0.2) is 14.2 Å². The SMILES string of the molecule is [C-]#[N+]c1cc(-c2ccc(C(F)(F)F)nc2)c2nc([C@H]3CCCN3)n(-c3ccc(OC)c(F)c3)c(=O)c2c1. The Bertz CT molecular complexity index is 1600. The second-order valence-electron chi connectivity index (χ2n) is 8.51. The van der Waals surface area contributed by atoms with Crippen molar-refractivity contribution in [2.45, 2.75) is 25.1 Å². The number of nitrogens with zero attached hydrogens (tertiary/aromatic N) is 4. The van der Waals surface area contributed by atoms with E-state index in [-0.39, 0.29) is 39.6 Å². The monoisotopic (exact) mass is 509 g/mol. The minimum absolute atomic E-state index is 0.0125. The topological polar surface area (TPSA) is 73.4 Å². The number of rotatable bonds is 4. The van der Waals surface area contributed by atoms with Gasteiger partial charge in [-0.2, -0.15) is 13.2 Å². The van der Waals surface area contributed by atoms with Crippen LogP contribution in [0.3, 0.4) is 0 Å². The van der Waals surface area contributed by atoms with Crippen LogP contribution in [0.5, 0.6) is 5.75 Å². The van der Waals surface area contributed by atoms with Crippen LogP contribution in [0.15, 0.2) is 53.5 Å². The van der Waals surface area contributed by atoms with Gasteiger partial charge in [0.25, 0.3) is 5.56 Å². The summed E-state index contributed by atoms with van der Waals surface area (Å²) in [6.07, 6.45) is -2.06. The zero-order chi connectivity index (χ0) is 26.3. The number of methoxy groups -OCH3 is 1. The highest BCUT2D eigenvalue weighted by molar-refractivity contribution is 5.96. The van der Waals surface area contributed by atoms with E-state index >= 15 is 0 Å². The standard InChI is InChI=1S/C26H19F4N5O2/c1-31-15-10-17(14-5-8-22(33-13-14)26(28,29)30)23-18(11-15)25(36)35(24(34-23)20-4-3-9-32-20)16-6-7-21(37-2)19(27)12-16/h5-8,10-13,20,32H,3-4,9H2,2H3/t20-/m1/s1. The molecular weight excluding hydrogens is 490 g/mol. The molecule has 7 nitrogen and oxygen atoms in total. The van der Waals surface area contributed by atoms with E-state index in [9.17, 15) is 22.4 Å². The fraction of sp³-hybridized carbons (Fsp3) is 0.231. The number of ether oxygens (including phenoxy) is 1. The number of aromatic nitrogens is 3. The second-order valence-corrected chi connectivity index (χ2v) is 8.51. The molecule has 3 heterocycles. The molecule has 1 saturated heterocycles. The number of nitrogens with one attached hydrogen (secondary N) is 1. The van der Waals surface area contributed by atoms with E-state index in [0.717, 1.165) is 18.7 Å². The van der Waals surface area contributed by atoms with Gasteiger partial charge in [-0.1, -0.05) is 6.07 Å². The Kier molecular flexibility index (Phi) is 6.13. The molecule has 188 valence electrons. The van der Waals surface area contributed by atoms with Crippen molar-refractivity contribution in [3.8, 4) is 22.6 Å². The maximum atomic E-state index is 14.6. The summed E-state index contributed by atoms with van der Waals surface area (Å²) in [5.74, 6) is -0.321. The molecule has 0 saturated carbocycles. The maximum Gasteiger partial charge on any atom is 0.433 e. The lowest BCUT2D eigenvalue weighted by Gasteiger charge is -2.20. The van der Waals surface area contributed by atoms with E-state index < -0.39 is 23.2 Å². The van der Waals surface area contributed by atoms with Gasteiger partial charge in [0.1, 0.15) is 11.5 Å². The van der Waals surface area contributed by atoms with Crippen molar-refractivity contribution in [3.63, 3.8) is 0 Å². The van der Waals surface area contributed by atoms with Gasteiger partial charge >= 0.3 is 6.18 Å². The molecule has 0 radical (unpaired) electrons. The minimum Gasteiger partial charge on any atom is -0.494 e. The summed E-state index contributed by atoms with van der Waals surface area (Å²) in [6.45, 7) is 8.19. The molecule has 11 heteroatoms. The first kappa shape index (κ1) is 24.4. The highest BCUT2D eigenvalue weighted by atomic mass is 19.4. The molecule has 2 aromatic carbocycles. The Morgan fingerprint density at radius 2 is 2.00 bits per heavy atom. The summed E-state index contributed by atoms with van der Waals surface area (Å²) >= 11 is 0. The molecule has 0 spiro atoms. The van der Waals surface area contributed by atoms with Crippen LogP contribution in [0.2, 0.25) is 0 Å². The molecular formula is C26H19F4N5O2. The first-order valence-electron chi connectivity index (χ1n) is 11.3. The van der Waals surface area contributed by atoms with Crippen LogP contribution in [0.1, 0.15) is 30.4 Å². The quantitative estimate of drug-likeness (QED) is 0.287. The third-order valence-corrected chi connectivity index (χ3v) is 6.24. The van der Waals surface area contributed by atoms with Crippen molar-refractivity contribution in [3.05, 3.63) is 87.8 Å². The van der Waals surface area contributed by atoms with Crippen LogP contribution in [-0.2, 0) is 6.18 Å². The van der Waals surface area contributed by atoms with Crippen LogP contribution in [-0.4, -0.2) is 28.2 Å². The van der Waals surface area contributed by atoms with E-state index in [4.69, 9.17) is 16.3 Å². The van der Waals surface area contributed by atoms with Crippen LogP contribution >= 0.6 is 0 Å². The highest BCUT2D eigenvalue weighted by Crippen LogP contribution is 2.35. The number of halogens is 4. The maximum absolute atomic E-state index is 14.6. The van der Waals surface area contributed by atoms with E-state index in [1.165, 1.54) is 48.1 Å². The van der Waals surface area contributed by atoms with Gasteiger partial charge in [-0.05, 0) is 55.3 Å². The Hall–Kier alpha value is -4.30. The lowest BCUT2D eigenvalue weighted by molar-refractivity contribution is -0.141. The lowest BCUT2D eigenvalue weighted by atomic mass is 10.0. The van der Waals surface area contributed by atoms with Gasteiger partial charge in [0.2, 0.25) is 0 Å². The second kappa shape index (κ2) is 9.29. The van der Waals surface area contributed by atoms with E-state index in [0.29, 0.717) is 24.4 Å². The predicted molar refractivity (Wildman–Crippen MR) is 128 cm³/mol. The molecule has 1 N–H and O–H groups in total. The van der Waals surface area contributed by atoms with Crippen molar-refractivity contribution in [2.75, 3.05) is 13.7 Å². The molecule has 2 aromatic heterocycles. The van der Waals surface area contributed by atoms with E-state index in [1.807, 2.05) is 0 Å². The molecule has 0 aliphatic carbocycles. The van der Waals surface area contributed by atoms with E-state index in [1.54, 1.807) is 0 Å². The van der Waals surface area contributed by atoms with Gasteiger partial charge in [0.15, 0.2) is 17.3 Å². The third-order valence-electron chi connectivity index (χ3n) is 6.24. The number of benzene rings is 2. The van der Waals surface area contributed by atoms with Crippen LogP contribution in [0, 0.1) is 12.4 Å².